The summed E-state index contributed by atoms with van der Waals surface area (Å²) < 4.78 is 10.8. The van der Waals surface area contributed by atoms with Crippen molar-refractivity contribution in [2.45, 2.75) is 44.8 Å². The van der Waals surface area contributed by atoms with Crippen LogP contribution in [0.2, 0.25) is 0 Å². The van der Waals surface area contributed by atoms with Crippen molar-refractivity contribution in [3.8, 4) is 0 Å². The highest BCUT2D eigenvalue weighted by Crippen LogP contribution is 2.40. The summed E-state index contributed by atoms with van der Waals surface area (Å²) in [5.41, 5.74) is 0.429. The standard InChI is InChI=1S/C13H18N2O3/c1-8-7-17-9(2)6-15(8)13(16)11-5-12(18-14-11)10-3-4-10/h5,8-10H,3-4,6-7H2,1-2H3/t8-,9+/m1/s1. The van der Waals surface area contributed by atoms with Crippen LogP contribution in [0.5, 0.6) is 0 Å². The number of hydrogen-bond donors (Lipinski definition) is 0. The Bertz CT molecular complexity index is 453. The van der Waals surface area contributed by atoms with Crippen molar-refractivity contribution in [2.75, 3.05) is 13.2 Å². The molecule has 18 heavy (non-hydrogen) atoms. The summed E-state index contributed by atoms with van der Waals surface area (Å²) in [5.74, 6) is 1.29. The highest BCUT2D eigenvalue weighted by molar-refractivity contribution is 5.92. The molecule has 1 aliphatic heterocycles. The summed E-state index contributed by atoms with van der Waals surface area (Å²) in [6, 6.07) is 1.89. The van der Waals surface area contributed by atoms with Gasteiger partial charge in [0.2, 0.25) is 0 Å². The van der Waals surface area contributed by atoms with E-state index in [0.717, 1.165) is 18.6 Å². The smallest absolute Gasteiger partial charge is 0.276 e. The minimum absolute atomic E-state index is 0.0479. The van der Waals surface area contributed by atoms with Crippen LogP contribution in [0, 0.1) is 0 Å². The molecule has 2 fully saturated rings. The lowest BCUT2D eigenvalue weighted by molar-refractivity contribution is -0.0390. The zero-order valence-corrected chi connectivity index (χ0v) is 10.8. The van der Waals surface area contributed by atoms with Crippen LogP contribution < -0.4 is 0 Å². The van der Waals surface area contributed by atoms with Crippen LogP contribution >= 0.6 is 0 Å². The van der Waals surface area contributed by atoms with E-state index >= 15 is 0 Å². The van der Waals surface area contributed by atoms with Crippen molar-refractivity contribution >= 4 is 5.91 Å². The zero-order chi connectivity index (χ0) is 12.7. The summed E-state index contributed by atoms with van der Waals surface area (Å²) in [5, 5.41) is 3.91. The first kappa shape index (κ1) is 11.7. The van der Waals surface area contributed by atoms with E-state index in [1.165, 1.54) is 0 Å². The molecule has 2 heterocycles. The monoisotopic (exact) mass is 250 g/mol. The molecule has 1 aliphatic carbocycles. The fourth-order valence-electron chi connectivity index (χ4n) is 2.28. The van der Waals surface area contributed by atoms with E-state index < -0.39 is 0 Å². The Morgan fingerprint density at radius 2 is 2.22 bits per heavy atom. The number of carbonyl (C=O) groups excluding carboxylic acids is 1. The van der Waals surface area contributed by atoms with Crippen LogP contribution in [0.15, 0.2) is 10.6 Å². The SMILES string of the molecule is C[C@@H]1CO[C@@H](C)CN1C(=O)c1cc(C2CC2)on1. The van der Waals surface area contributed by atoms with Crippen molar-refractivity contribution < 1.29 is 14.1 Å². The van der Waals surface area contributed by atoms with Crippen LogP contribution in [0.3, 0.4) is 0 Å². The van der Waals surface area contributed by atoms with E-state index in [4.69, 9.17) is 9.26 Å². The maximum Gasteiger partial charge on any atom is 0.276 e. The predicted molar refractivity (Wildman–Crippen MR) is 64.4 cm³/mol. The summed E-state index contributed by atoms with van der Waals surface area (Å²) >= 11 is 0. The van der Waals surface area contributed by atoms with Crippen molar-refractivity contribution in [3.05, 3.63) is 17.5 Å². The molecule has 5 heteroatoms. The second kappa shape index (κ2) is 4.39. The first-order valence-electron chi connectivity index (χ1n) is 6.54. The van der Waals surface area contributed by atoms with Crippen LogP contribution in [-0.2, 0) is 4.74 Å². The molecule has 0 N–H and O–H groups in total. The number of carbonyl (C=O) groups is 1. The number of ether oxygens (including phenoxy) is 1. The first-order chi connectivity index (χ1) is 8.65. The summed E-state index contributed by atoms with van der Waals surface area (Å²) in [4.78, 5) is 14.2. The van der Waals surface area contributed by atoms with Crippen LogP contribution in [0.25, 0.3) is 0 Å². The number of amides is 1. The van der Waals surface area contributed by atoms with Gasteiger partial charge in [-0.3, -0.25) is 4.79 Å². The Labute approximate surface area is 106 Å². The van der Waals surface area contributed by atoms with Gasteiger partial charge in [0.25, 0.3) is 5.91 Å². The molecule has 0 radical (unpaired) electrons. The van der Waals surface area contributed by atoms with Gasteiger partial charge in [0.1, 0.15) is 5.76 Å². The quantitative estimate of drug-likeness (QED) is 0.803. The van der Waals surface area contributed by atoms with E-state index in [2.05, 4.69) is 5.16 Å². The average Bonchev–Trinajstić information content (AvgIpc) is 3.09. The lowest BCUT2D eigenvalue weighted by Crippen LogP contribution is -2.50. The van der Waals surface area contributed by atoms with Crippen molar-refractivity contribution in [2.24, 2.45) is 0 Å². The summed E-state index contributed by atoms with van der Waals surface area (Å²) in [7, 11) is 0. The molecule has 0 bridgehead atoms. The number of morpholine rings is 1. The molecule has 1 aromatic heterocycles. The Morgan fingerprint density at radius 1 is 1.44 bits per heavy atom. The van der Waals surface area contributed by atoms with Crippen LogP contribution in [0.1, 0.15) is 48.9 Å². The van der Waals surface area contributed by atoms with Gasteiger partial charge in [0, 0.05) is 18.5 Å². The third-order valence-electron chi connectivity index (χ3n) is 3.60. The molecule has 5 nitrogen and oxygen atoms in total. The molecule has 3 rings (SSSR count). The number of aromatic nitrogens is 1. The van der Waals surface area contributed by atoms with Gasteiger partial charge in [-0.25, -0.2) is 0 Å². The molecule has 98 valence electrons. The minimum atomic E-state index is -0.0479. The maximum atomic E-state index is 12.4. The highest BCUT2D eigenvalue weighted by atomic mass is 16.5. The van der Waals surface area contributed by atoms with Gasteiger partial charge in [-0.15, -0.1) is 0 Å². The van der Waals surface area contributed by atoms with Gasteiger partial charge in [-0.1, -0.05) is 5.16 Å². The van der Waals surface area contributed by atoms with Gasteiger partial charge < -0.3 is 14.2 Å². The molecule has 2 aliphatic rings. The van der Waals surface area contributed by atoms with E-state index in [1.54, 1.807) is 6.07 Å². The fraction of sp³-hybridized carbons (Fsp3) is 0.692. The highest BCUT2D eigenvalue weighted by Gasteiger charge is 2.32. The van der Waals surface area contributed by atoms with Crippen molar-refractivity contribution in [1.29, 1.82) is 0 Å². The number of hydrogen-bond acceptors (Lipinski definition) is 4. The second-order valence-electron chi connectivity index (χ2n) is 5.34. The van der Waals surface area contributed by atoms with Crippen molar-refractivity contribution in [3.63, 3.8) is 0 Å². The summed E-state index contributed by atoms with van der Waals surface area (Å²) in [6.45, 7) is 5.17. The molecular weight excluding hydrogens is 232 g/mol. The fourth-order valence-corrected chi connectivity index (χ4v) is 2.28. The minimum Gasteiger partial charge on any atom is -0.375 e. The Hall–Kier alpha value is -1.36. The molecule has 1 aromatic rings. The normalized spacial score (nSPS) is 28.4. The first-order valence-corrected chi connectivity index (χ1v) is 6.54. The second-order valence-corrected chi connectivity index (χ2v) is 5.34. The predicted octanol–water partition coefficient (Wildman–Crippen LogP) is 1.80. The molecule has 0 spiro atoms. The lowest BCUT2D eigenvalue weighted by Gasteiger charge is -2.36. The molecule has 0 unspecified atom stereocenters. The topological polar surface area (TPSA) is 55.6 Å². The van der Waals surface area contributed by atoms with Gasteiger partial charge in [0.15, 0.2) is 5.69 Å². The van der Waals surface area contributed by atoms with E-state index in [-0.39, 0.29) is 18.1 Å². The average molecular weight is 250 g/mol. The molecule has 1 saturated carbocycles. The molecule has 2 atom stereocenters. The Morgan fingerprint density at radius 3 is 2.94 bits per heavy atom. The van der Waals surface area contributed by atoms with E-state index in [1.807, 2.05) is 18.7 Å². The van der Waals surface area contributed by atoms with Crippen LogP contribution in [-0.4, -0.2) is 41.3 Å². The van der Waals surface area contributed by atoms with Crippen molar-refractivity contribution in [1.82, 2.24) is 10.1 Å². The summed E-state index contributed by atoms with van der Waals surface area (Å²) in [6.07, 6.45) is 2.38. The Kier molecular flexibility index (Phi) is 2.86. The largest absolute Gasteiger partial charge is 0.375 e. The van der Waals surface area contributed by atoms with Gasteiger partial charge in [-0.2, -0.15) is 0 Å². The molecule has 1 saturated heterocycles. The van der Waals surface area contributed by atoms with Gasteiger partial charge in [-0.05, 0) is 26.7 Å². The van der Waals surface area contributed by atoms with E-state index in [9.17, 15) is 4.79 Å². The molecule has 1 amide bonds. The maximum absolute atomic E-state index is 12.4. The van der Waals surface area contributed by atoms with E-state index in [0.29, 0.717) is 24.8 Å². The van der Waals surface area contributed by atoms with Gasteiger partial charge >= 0.3 is 0 Å². The molecular formula is C13H18N2O3. The lowest BCUT2D eigenvalue weighted by atomic mass is 10.2. The van der Waals surface area contributed by atoms with Gasteiger partial charge in [0.05, 0.1) is 18.8 Å². The molecule has 0 aromatic carbocycles. The third-order valence-corrected chi connectivity index (χ3v) is 3.60. The van der Waals surface area contributed by atoms with Crippen LogP contribution in [0.4, 0.5) is 0 Å². The zero-order valence-electron chi connectivity index (χ0n) is 10.8. The Balaban J connectivity index is 1.75. The number of nitrogens with zero attached hydrogens (tertiary/aromatic N) is 2. The third kappa shape index (κ3) is 2.14. The number of rotatable bonds is 2.